The van der Waals surface area contributed by atoms with Gasteiger partial charge in [-0.05, 0) is 39.0 Å². The molecule has 0 saturated carbocycles. The molecule has 0 amide bonds. The molecule has 15 heavy (non-hydrogen) atoms. The summed E-state index contributed by atoms with van der Waals surface area (Å²) in [5.74, 6) is 0.915. The number of hydrogen-bond donors (Lipinski definition) is 1. The number of piperidine rings is 1. The monoisotopic (exact) mass is 206 g/mol. The van der Waals surface area contributed by atoms with Gasteiger partial charge in [0.15, 0.2) is 0 Å². The fourth-order valence-electron chi connectivity index (χ4n) is 2.01. The smallest absolute Gasteiger partial charge is 0.142 e. The van der Waals surface area contributed by atoms with Crippen LogP contribution in [-0.2, 0) is 6.54 Å². The van der Waals surface area contributed by atoms with E-state index in [2.05, 4.69) is 27.2 Å². The first-order valence-electron chi connectivity index (χ1n) is 5.53. The summed E-state index contributed by atoms with van der Waals surface area (Å²) in [6, 6.07) is 2.53. The van der Waals surface area contributed by atoms with Crippen molar-refractivity contribution in [2.24, 2.45) is 0 Å². The Hall–Kier alpha value is -1.00. The SMILES string of the molecule is CN(Cc1ncccn1)C1CCNCC1. The summed E-state index contributed by atoms with van der Waals surface area (Å²) >= 11 is 0. The van der Waals surface area contributed by atoms with E-state index in [0.717, 1.165) is 25.5 Å². The van der Waals surface area contributed by atoms with Crippen molar-refractivity contribution < 1.29 is 0 Å². The van der Waals surface area contributed by atoms with E-state index < -0.39 is 0 Å². The summed E-state index contributed by atoms with van der Waals surface area (Å²) in [6.07, 6.45) is 6.06. The molecule has 1 aromatic heterocycles. The van der Waals surface area contributed by atoms with Crippen LogP contribution in [0.15, 0.2) is 18.5 Å². The van der Waals surface area contributed by atoms with Crippen LogP contribution in [0.4, 0.5) is 0 Å². The fourth-order valence-corrected chi connectivity index (χ4v) is 2.01. The quantitative estimate of drug-likeness (QED) is 0.789. The topological polar surface area (TPSA) is 41.1 Å². The Kier molecular flexibility index (Phi) is 3.64. The van der Waals surface area contributed by atoms with E-state index in [1.165, 1.54) is 12.8 Å². The van der Waals surface area contributed by atoms with E-state index in [9.17, 15) is 0 Å². The first kappa shape index (κ1) is 10.5. The number of aromatic nitrogens is 2. The molecule has 2 rings (SSSR count). The minimum Gasteiger partial charge on any atom is -0.317 e. The standard InChI is InChI=1S/C11H18N4/c1-15(10-3-7-12-8-4-10)9-11-13-5-2-6-14-11/h2,5-6,10,12H,3-4,7-9H2,1H3. The van der Waals surface area contributed by atoms with Gasteiger partial charge in [0.05, 0.1) is 6.54 Å². The van der Waals surface area contributed by atoms with E-state index in [1.54, 1.807) is 12.4 Å². The third-order valence-electron chi connectivity index (χ3n) is 2.94. The van der Waals surface area contributed by atoms with Crippen LogP contribution in [0, 0.1) is 0 Å². The highest BCUT2D eigenvalue weighted by Crippen LogP contribution is 2.11. The lowest BCUT2D eigenvalue weighted by molar-refractivity contribution is 0.188. The molecule has 4 nitrogen and oxygen atoms in total. The highest BCUT2D eigenvalue weighted by Gasteiger charge is 2.17. The van der Waals surface area contributed by atoms with Crippen LogP contribution in [0.2, 0.25) is 0 Å². The van der Waals surface area contributed by atoms with Gasteiger partial charge in [-0.2, -0.15) is 0 Å². The number of nitrogens with one attached hydrogen (secondary N) is 1. The van der Waals surface area contributed by atoms with Gasteiger partial charge in [0, 0.05) is 18.4 Å². The van der Waals surface area contributed by atoms with Crippen molar-refractivity contribution in [3.05, 3.63) is 24.3 Å². The molecule has 0 unspecified atom stereocenters. The molecule has 0 aromatic carbocycles. The first-order chi connectivity index (χ1) is 7.36. The maximum Gasteiger partial charge on any atom is 0.142 e. The van der Waals surface area contributed by atoms with E-state index in [4.69, 9.17) is 0 Å². The van der Waals surface area contributed by atoms with Gasteiger partial charge in [-0.25, -0.2) is 9.97 Å². The zero-order chi connectivity index (χ0) is 10.5. The lowest BCUT2D eigenvalue weighted by Gasteiger charge is -2.30. The minimum absolute atomic E-state index is 0.676. The van der Waals surface area contributed by atoms with Crippen LogP contribution in [-0.4, -0.2) is 41.0 Å². The molecule has 0 atom stereocenters. The molecule has 1 saturated heterocycles. The molecule has 0 spiro atoms. The molecular weight excluding hydrogens is 188 g/mol. The van der Waals surface area contributed by atoms with E-state index in [0.29, 0.717) is 6.04 Å². The van der Waals surface area contributed by atoms with E-state index >= 15 is 0 Å². The third kappa shape index (κ3) is 2.97. The van der Waals surface area contributed by atoms with Crippen molar-refractivity contribution in [1.29, 1.82) is 0 Å². The summed E-state index contributed by atoms with van der Waals surface area (Å²) in [6.45, 7) is 3.11. The summed E-state index contributed by atoms with van der Waals surface area (Å²) in [7, 11) is 2.16. The molecule has 2 heterocycles. The second-order valence-electron chi connectivity index (χ2n) is 4.06. The highest BCUT2D eigenvalue weighted by molar-refractivity contribution is 4.89. The fraction of sp³-hybridized carbons (Fsp3) is 0.636. The molecule has 1 aromatic rings. The Morgan fingerprint density at radius 2 is 2.00 bits per heavy atom. The molecule has 1 aliphatic rings. The number of hydrogen-bond acceptors (Lipinski definition) is 4. The lowest BCUT2D eigenvalue weighted by atomic mass is 10.1. The molecule has 1 N–H and O–H groups in total. The second kappa shape index (κ2) is 5.19. The summed E-state index contributed by atoms with van der Waals surface area (Å²) < 4.78 is 0. The van der Waals surface area contributed by atoms with Crippen molar-refractivity contribution in [3.8, 4) is 0 Å². The average Bonchev–Trinajstić information content (AvgIpc) is 2.31. The van der Waals surface area contributed by atoms with Crippen LogP contribution >= 0.6 is 0 Å². The zero-order valence-electron chi connectivity index (χ0n) is 9.19. The van der Waals surface area contributed by atoms with Crippen molar-refractivity contribution in [3.63, 3.8) is 0 Å². The molecule has 0 bridgehead atoms. The Balaban J connectivity index is 1.88. The Bertz CT molecular complexity index is 282. The van der Waals surface area contributed by atoms with Crippen LogP contribution in [0.5, 0.6) is 0 Å². The first-order valence-corrected chi connectivity index (χ1v) is 5.53. The van der Waals surface area contributed by atoms with Gasteiger partial charge in [-0.1, -0.05) is 0 Å². The molecule has 0 aliphatic carbocycles. The second-order valence-corrected chi connectivity index (χ2v) is 4.06. The van der Waals surface area contributed by atoms with Gasteiger partial charge < -0.3 is 5.32 Å². The normalized spacial score (nSPS) is 18.3. The maximum absolute atomic E-state index is 4.25. The predicted molar refractivity (Wildman–Crippen MR) is 59.4 cm³/mol. The number of nitrogens with zero attached hydrogens (tertiary/aromatic N) is 3. The lowest BCUT2D eigenvalue weighted by Crippen LogP contribution is -2.40. The van der Waals surface area contributed by atoms with E-state index in [-0.39, 0.29) is 0 Å². The van der Waals surface area contributed by atoms with Gasteiger partial charge in [0.2, 0.25) is 0 Å². The molecular formula is C11H18N4. The molecule has 82 valence electrons. The average molecular weight is 206 g/mol. The molecule has 0 radical (unpaired) electrons. The zero-order valence-corrected chi connectivity index (χ0v) is 9.19. The van der Waals surface area contributed by atoms with Gasteiger partial charge >= 0.3 is 0 Å². The van der Waals surface area contributed by atoms with Crippen molar-refractivity contribution in [2.75, 3.05) is 20.1 Å². The molecule has 4 heteroatoms. The number of rotatable bonds is 3. The Labute approximate surface area is 90.7 Å². The van der Waals surface area contributed by atoms with Crippen LogP contribution < -0.4 is 5.32 Å². The van der Waals surface area contributed by atoms with Gasteiger partial charge in [-0.15, -0.1) is 0 Å². The van der Waals surface area contributed by atoms with Gasteiger partial charge in [0.25, 0.3) is 0 Å². The molecule has 1 fully saturated rings. The third-order valence-corrected chi connectivity index (χ3v) is 2.94. The van der Waals surface area contributed by atoms with Gasteiger partial charge in [-0.3, -0.25) is 4.90 Å². The summed E-state index contributed by atoms with van der Waals surface area (Å²) in [5, 5.41) is 3.38. The van der Waals surface area contributed by atoms with Crippen molar-refractivity contribution in [2.45, 2.75) is 25.4 Å². The Morgan fingerprint density at radius 1 is 1.33 bits per heavy atom. The van der Waals surface area contributed by atoms with Gasteiger partial charge in [0.1, 0.15) is 5.82 Å². The Morgan fingerprint density at radius 3 is 2.67 bits per heavy atom. The van der Waals surface area contributed by atoms with Crippen LogP contribution in [0.25, 0.3) is 0 Å². The largest absolute Gasteiger partial charge is 0.317 e. The summed E-state index contributed by atoms with van der Waals surface area (Å²) in [5.41, 5.74) is 0. The maximum atomic E-state index is 4.25. The van der Waals surface area contributed by atoms with Crippen LogP contribution in [0.3, 0.4) is 0 Å². The molecule has 1 aliphatic heterocycles. The van der Waals surface area contributed by atoms with Crippen LogP contribution in [0.1, 0.15) is 18.7 Å². The summed E-state index contributed by atoms with van der Waals surface area (Å²) in [4.78, 5) is 10.8. The minimum atomic E-state index is 0.676. The highest BCUT2D eigenvalue weighted by atomic mass is 15.2. The predicted octanol–water partition coefficient (Wildman–Crippen LogP) is 0.660. The van der Waals surface area contributed by atoms with Crippen molar-refractivity contribution in [1.82, 2.24) is 20.2 Å². The van der Waals surface area contributed by atoms with Crippen molar-refractivity contribution >= 4 is 0 Å². The van der Waals surface area contributed by atoms with E-state index in [1.807, 2.05) is 6.07 Å².